The van der Waals surface area contributed by atoms with Gasteiger partial charge in [-0.2, -0.15) is 13.2 Å². The predicted molar refractivity (Wildman–Crippen MR) is 128 cm³/mol. The smallest absolute Gasteiger partial charge is 0.490 e. The van der Waals surface area contributed by atoms with Crippen molar-refractivity contribution in [3.05, 3.63) is 75.5 Å². The summed E-state index contributed by atoms with van der Waals surface area (Å²) in [7, 11) is 1.62. The highest BCUT2D eigenvalue weighted by molar-refractivity contribution is 7.13. The van der Waals surface area contributed by atoms with Gasteiger partial charge in [0.05, 0.1) is 12.8 Å². The van der Waals surface area contributed by atoms with Gasteiger partial charge in [0.25, 0.3) is 11.8 Å². The first-order chi connectivity index (χ1) is 17.6. The van der Waals surface area contributed by atoms with Crippen LogP contribution in [0.4, 0.5) is 13.2 Å². The Bertz CT molecular complexity index is 1230. The van der Waals surface area contributed by atoms with Gasteiger partial charge in [-0.25, -0.2) is 9.78 Å². The fourth-order valence-corrected chi connectivity index (χ4v) is 4.39. The normalized spacial score (nSPS) is 12.9. The van der Waals surface area contributed by atoms with Crippen LogP contribution in [0.5, 0.6) is 5.75 Å². The minimum atomic E-state index is -5.08. The second-order valence-corrected chi connectivity index (χ2v) is 8.84. The number of hydrogen-bond acceptors (Lipinski definition) is 7. The summed E-state index contributed by atoms with van der Waals surface area (Å²) in [5, 5.41) is 10.5. The van der Waals surface area contributed by atoms with E-state index in [4.69, 9.17) is 14.6 Å². The predicted octanol–water partition coefficient (Wildman–Crippen LogP) is 3.35. The monoisotopic (exact) mass is 536 g/mol. The molecule has 196 valence electrons. The summed E-state index contributed by atoms with van der Waals surface area (Å²) in [6.45, 7) is 1.61. The molecule has 2 N–H and O–H groups in total. The molecule has 0 saturated carbocycles. The molecule has 9 nitrogen and oxygen atoms in total. The minimum absolute atomic E-state index is 0.00353. The number of nitrogens with one attached hydrogen (secondary N) is 1. The molecule has 0 unspecified atom stereocenters. The van der Waals surface area contributed by atoms with Gasteiger partial charge in [0.1, 0.15) is 5.75 Å². The molecule has 1 aliphatic rings. The number of amides is 2. The molecule has 0 spiro atoms. The molecule has 0 saturated heterocycles. The lowest BCUT2D eigenvalue weighted by Gasteiger charge is -2.20. The highest BCUT2D eigenvalue weighted by Crippen LogP contribution is 2.24. The van der Waals surface area contributed by atoms with Gasteiger partial charge in [0.2, 0.25) is 0 Å². The molecule has 0 fully saturated rings. The average molecular weight is 537 g/mol. The van der Waals surface area contributed by atoms with Gasteiger partial charge in [0, 0.05) is 55.3 Å². The molecular weight excluding hydrogens is 513 g/mol. The lowest BCUT2D eigenvalue weighted by atomic mass is 10.2. The van der Waals surface area contributed by atoms with Crippen LogP contribution in [-0.2, 0) is 24.2 Å². The van der Waals surface area contributed by atoms with Crippen LogP contribution in [0.3, 0.4) is 0 Å². The van der Waals surface area contributed by atoms with Gasteiger partial charge in [-0.1, -0.05) is 12.1 Å². The van der Waals surface area contributed by atoms with Crippen LogP contribution in [0.25, 0.3) is 0 Å². The molecule has 2 amide bonds. The Balaban J connectivity index is 0.000000479. The average Bonchev–Trinajstić information content (AvgIpc) is 3.20. The maximum atomic E-state index is 12.7. The van der Waals surface area contributed by atoms with E-state index in [9.17, 15) is 22.8 Å². The SMILES string of the molecule is COc1cccc(CNC(=O)c2nc3c(s2)CCN(C(=O)c2ccncc2)CC3)c1.O=C(O)C(F)(F)F. The molecule has 0 aliphatic carbocycles. The summed E-state index contributed by atoms with van der Waals surface area (Å²) in [6.07, 6.45) is -0.488. The highest BCUT2D eigenvalue weighted by Gasteiger charge is 2.38. The first-order valence-corrected chi connectivity index (χ1v) is 11.8. The second-order valence-electron chi connectivity index (χ2n) is 7.75. The van der Waals surface area contributed by atoms with Crippen molar-refractivity contribution >= 4 is 29.1 Å². The van der Waals surface area contributed by atoms with Crippen LogP contribution >= 0.6 is 11.3 Å². The van der Waals surface area contributed by atoms with E-state index in [2.05, 4.69) is 15.3 Å². The van der Waals surface area contributed by atoms with E-state index in [0.717, 1.165) is 21.9 Å². The lowest BCUT2D eigenvalue weighted by molar-refractivity contribution is -0.192. The molecule has 1 aromatic carbocycles. The van der Waals surface area contributed by atoms with Gasteiger partial charge in [-0.05, 0) is 29.8 Å². The number of aliphatic carboxylic acids is 1. The Hall–Kier alpha value is -4.00. The Morgan fingerprint density at radius 1 is 1.14 bits per heavy atom. The number of benzene rings is 1. The van der Waals surface area contributed by atoms with Crippen LogP contribution in [0.15, 0.2) is 48.8 Å². The third kappa shape index (κ3) is 7.74. The fraction of sp³-hybridized carbons (Fsp3) is 0.292. The van der Waals surface area contributed by atoms with Crippen LogP contribution in [-0.4, -0.2) is 64.1 Å². The van der Waals surface area contributed by atoms with Crippen molar-refractivity contribution in [1.82, 2.24) is 20.2 Å². The number of hydrogen-bond donors (Lipinski definition) is 2. The molecule has 4 rings (SSSR count). The molecule has 13 heteroatoms. The van der Waals surface area contributed by atoms with Crippen molar-refractivity contribution in [2.45, 2.75) is 25.6 Å². The number of carboxylic acid groups (broad SMARTS) is 1. The third-order valence-electron chi connectivity index (χ3n) is 5.24. The van der Waals surface area contributed by atoms with E-state index in [1.807, 2.05) is 29.2 Å². The van der Waals surface area contributed by atoms with Crippen molar-refractivity contribution in [2.75, 3.05) is 20.2 Å². The molecule has 37 heavy (non-hydrogen) atoms. The van der Waals surface area contributed by atoms with E-state index in [1.54, 1.807) is 31.6 Å². The Morgan fingerprint density at radius 2 is 1.81 bits per heavy atom. The summed E-state index contributed by atoms with van der Waals surface area (Å²) in [5.41, 5.74) is 2.52. The van der Waals surface area contributed by atoms with Gasteiger partial charge in [0.15, 0.2) is 5.01 Å². The number of carboxylic acids is 1. The van der Waals surface area contributed by atoms with Gasteiger partial charge in [-0.3, -0.25) is 14.6 Å². The van der Waals surface area contributed by atoms with Crippen LogP contribution < -0.4 is 10.1 Å². The molecule has 3 heterocycles. The van der Waals surface area contributed by atoms with Crippen LogP contribution in [0, 0.1) is 0 Å². The lowest BCUT2D eigenvalue weighted by Crippen LogP contribution is -2.33. The standard InChI is InChI=1S/C22H22N4O3S.C2HF3O2/c1-29-17-4-2-3-15(13-17)14-24-20(27)21-25-18-7-11-26(12-8-19(18)30-21)22(28)16-5-9-23-10-6-16;3-2(4,5)1(6)7/h2-6,9-10,13H,7-8,11-12,14H2,1H3,(H,24,27);(H,6,7). The summed E-state index contributed by atoms with van der Waals surface area (Å²) in [5.74, 6) is -2.18. The van der Waals surface area contributed by atoms with Gasteiger partial charge < -0.3 is 20.1 Å². The zero-order valence-electron chi connectivity index (χ0n) is 19.6. The minimum Gasteiger partial charge on any atom is -0.497 e. The zero-order chi connectivity index (χ0) is 27.0. The second kappa shape index (κ2) is 12.3. The van der Waals surface area contributed by atoms with Crippen molar-refractivity contribution in [3.63, 3.8) is 0 Å². The number of alkyl halides is 3. The van der Waals surface area contributed by atoms with E-state index < -0.39 is 12.1 Å². The first kappa shape index (κ1) is 27.6. The fourth-order valence-electron chi connectivity index (χ4n) is 3.38. The van der Waals surface area contributed by atoms with E-state index in [-0.39, 0.29) is 11.8 Å². The summed E-state index contributed by atoms with van der Waals surface area (Å²) >= 11 is 1.41. The van der Waals surface area contributed by atoms with Crippen molar-refractivity contribution in [3.8, 4) is 5.75 Å². The van der Waals surface area contributed by atoms with E-state index in [0.29, 0.717) is 43.0 Å². The van der Waals surface area contributed by atoms with E-state index in [1.165, 1.54) is 11.3 Å². The van der Waals surface area contributed by atoms with Crippen molar-refractivity contribution in [1.29, 1.82) is 0 Å². The molecule has 3 aromatic rings. The zero-order valence-corrected chi connectivity index (χ0v) is 20.4. The molecule has 0 atom stereocenters. The van der Waals surface area contributed by atoms with Gasteiger partial charge in [-0.15, -0.1) is 11.3 Å². The Kier molecular flexibility index (Phi) is 9.17. The Morgan fingerprint density at radius 3 is 2.46 bits per heavy atom. The number of aromatic nitrogens is 2. The number of fused-ring (bicyclic) bond motifs is 1. The van der Waals surface area contributed by atoms with Crippen LogP contribution in [0.2, 0.25) is 0 Å². The number of rotatable bonds is 5. The van der Waals surface area contributed by atoms with Crippen molar-refractivity contribution in [2.24, 2.45) is 0 Å². The largest absolute Gasteiger partial charge is 0.497 e. The number of ether oxygens (including phenoxy) is 1. The van der Waals surface area contributed by atoms with Crippen LogP contribution in [0.1, 0.15) is 36.3 Å². The molecule has 2 aromatic heterocycles. The maximum Gasteiger partial charge on any atom is 0.490 e. The summed E-state index contributed by atoms with van der Waals surface area (Å²) in [4.78, 5) is 45.6. The summed E-state index contributed by atoms with van der Waals surface area (Å²) < 4.78 is 36.9. The molecular formula is C24H23F3N4O5S. The Labute approximate surface area is 213 Å². The number of halogens is 3. The number of nitrogens with zero attached hydrogens (tertiary/aromatic N) is 3. The number of thiazole rings is 1. The van der Waals surface area contributed by atoms with E-state index >= 15 is 0 Å². The first-order valence-electron chi connectivity index (χ1n) is 11.0. The molecule has 0 radical (unpaired) electrons. The number of methoxy groups -OCH3 is 1. The van der Waals surface area contributed by atoms with Gasteiger partial charge >= 0.3 is 12.1 Å². The highest BCUT2D eigenvalue weighted by atomic mass is 32.1. The number of pyridine rings is 1. The number of carbonyl (C=O) groups excluding carboxylic acids is 2. The maximum absolute atomic E-state index is 12.7. The third-order valence-corrected chi connectivity index (χ3v) is 6.40. The molecule has 0 bridgehead atoms. The quantitative estimate of drug-likeness (QED) is 0.513. The summed E-state index contributed by atoms with van der Waals surface area (Å²) in [6, 6.07) is 11.1. The molecule has 1 aliphatic heterocycles. The number of carbonyl (C=O) groups is 3. The van der Waals surface area contributed by atoms with Crippen molar-refractivity contribution < 1.29 is 37.4 Å². The topological polar surface area (TPSA) is 122 Å².